The average Bonchev–Trinajstić information content (AvgIpc) is 2.65. The van der Waals surface area contributed by atoms with Gasteiger partial charge in [-0.2, -0.15) is 0 Å². The summed E-state index contributed by atoms with van der Waals surface area (Å²) in [5.41, 5.74) is 6.67. The van der Waals surface area contributed by atoms with Crippen molar-refractivity contribution < 1.29 is 4.74 Å². The van der Waals surface area contributed by atoms with E-state index in [1.165, 1.54) is 25.7 Å². The molecule has 1 saturated heterocycles. The van der Waals surface area contributed by atoms with E-state index in [4.69, 9.17) is 10.5 Å². The van der Waals surface area contributed by atoms with Gasteiger partial charge in [-0.05, 0) is 32.6 Å². The first-order valence-corrected chi connectivity index (χ1v) is 6.24. The van der Waals surface area contributed by atoms with Crippen molar-refractivity contribution in [2.75, 3.05) is 19.8 Å². The summed E-state index contributed by atoms with van der Waals surface area (Å²) in [6.45, 7) is 5.06. The van der Waals surface area contributed by atoms with E-state index in [0.717, 1.165) is 32.6 Å². The summed E-state index contributed by atoms with van der Waals surface area (Å²) in [5, 5.41) is 3.68. The van der Waals surface area contributed by atoms with Gasteiger partial charge in [-0.1, -0.05) is 12.8 Å². The van der Waals surface area contributed by atoms with Gasteiger partial charge in [0, 0.05) is 30.8 Å². The second-order valence-electron chi connectivity index (χ2n) is 5.60. The molecule has 3 heteroatoms. The fourth-order valence-corrected chi connectivity index (χ4v) is 2.64. The van der Waals surface area contributed by atoms with Gasteiger partial charge in [-0.15, -0.1) is 0 Å². The summed E-state index contributed by atoms with van der Waals surface area (Å²) >= 11 is 0. The zero-order valence-corrected chi connectivity index (χ0v) is 9.85. The van der Waals surface area contributed by atoms with Crippen LogP contribution in [-0.4, -0.2) is 30.8 Å². The summed E-state index contributed by atoms with van der Waals surface area (Å²) in [6, 6.07) is 0. The van der Waals surface area contributed by atoms with Crippen molar-refractivity contribution in [3.05, 3.63) is 0 Å². The quantitative estimate of drug-likeness (QED) is 0.743. The molecule has 2 rings (SSSR count). The van der Waals surface area contributed by atoms with E-state index in [-0.39, 0.29) is 11.1 Å². The number of hydrogen-bond acceptors (Lipinski definition) is 3. The van der Waals surface area contributed by atoms with Crippen molar-refractivity contribution in [1.82, 2.24) is 5.32 Å². The summed E-state index contributed by atoms with van der Waals surface area (Å²) in [6.07, 6.45) is 7.21. The zero-order chi connectivity index (χ0) is 10.8. The van der Waals surface area contributed by atoms with Crippen LogP contribution in [0.15, 0.2) is 0 Å². The van der Waals surface area contributed by atoms with Crippen LogP contribution in [0.5, 0.6) is 0 Å². The molecule has 0 aromatic rings. The van der Waals surface area contributed by atoms with Crippen LogP contribution in [0, 0.1) is 0 Å². The molecule has 1 aliphatic heterocycles. The Kier molecular flexibility index (Phi) is 3.33. The predicted octanol–water partition coefficient (Wildman–Crippen LogP) is 1.42. The Morgan fingerprint density at radius 3 is 2.33 bits per heavy atom. The lowest BCUT2D eigenvalue weighted by atomic mass is 9.90. The molecule has 0 radical (unpaired) electrons. The third-order valence-corrected chi connectivity index (χ3v) is 4.06. The normalized spacial score (nSPS) is 29.2. The zero-order valence-electron chi connectivity index (χ0n) is 9.85. The van der Waals surface area contributed by atoms with Gasteiger partial charge in [0.05, 0.1) is 0 Å². The van der Waals surface area contributed by atoms with E-state index in [1.807, 2.05) is 0 Å². The second kappa shape index (κ2) is 4.40. The van der Waals surface area contributed by atoms with Crippen molar-refractivity contribution >= 4 is 0 Å². The highest BCUT2D eigenvalue weighted by atomic mass is 16.5. The smallest absolute Gasteiger partial charge is 0.0483 e. The topological polar surface area (TPSA) is 47.3 Å². The molecule has 15 heavy (non-hydrogen) atoms. The fraction of sp³-hybridized carbons (Fsp3) is 1.00. The van der Waals surface area contributed by atoms with Crippen molar-refractivity contribution in [3.8, 4) is 0 Å². The molecule has 2 aliphatic rings. The summed E-state index contributed by atoms with van der Waals surface area (Å²) in [5.74, 6) is 0. The van der Waals surface area contributed by atoms with Gasteiger partial charge in [0.25, 0.3) is 0 Å². The van der Waals surface area contributed by atoms with Crippen LogP contribution in [0.25, 0.3) is 0 Å². The van der Waals surface area contributed by atoms with Gasteiger partial charge >= 0.3 is 0 Å². The molecule has 2 fully saturated rings. The first-order chi connectivity index (χ1) is 7.12. The standard InChI is InChI=1S/C12H24N2O/c1-11(6-8-15-9-7-11)14-10-12(13)4-2-3-5-12/h14H,2-10,13H2,1H3. The minimum Gasteiger partial charge on any atom is -0.381 e. The lowest BCUT2D eigenvalue weighted by molar-refractivity contribution is 0.0430. The number of hydrogen-bond donors (Lipinski definition) is 2. The molecule has 3 N–H and O–H groups in total. The first kappa shape index (κ1) is 11.4. The highest BCUT2D eigenvalue weighted by molar-refractivity contribution is 4.95. The van der Waals surface area contributed by atoms with E-state index in [0.29, 0.717) is 0 Å². The Balaban J connectivity index is 1.80. The molecule has 1 saturated carbocycles. The van der Waals surface area contributed by atoms with Gasteiger partial charge in [-0.3, -0.25) is 0 Å². The number of nitrogens with two attached hydrogens (primary N) is 1. The van der Waals surface area contributed by atoms with E-state index >= 15 is 0 Å². The molecule has 0 unspecified atom stereocenters. The van der Waals surface area contributed by atoms with Gasteiger partial charge in [-0.25, -0.2) is 0 Å². The average molecular weight is 212 g/mol. The van der Waals surface area contributed by atoms with E-state index in [9.17, 15) is 0 Å². The van der Waals surface area contributed by atoms with E-state index in [1.54, 1.807) is 0 Å². The fourth-order valence-electron chi connectivity index (χ4n) is 2.64. The van der Waals surface area contributed by atoms with Crippen molar-refractivity contribution in [2.45, 2.75) is 56.5 Å². The first-order valence-electron chi connectivity index (χ1n) is 6.24. The number of rotatable bonds is 3. The van der Waals surface area contributed by atoms with Crippen LogP contribution < -0.4 is 11.1 Å². The van der Waals surface area contributed by atoms with Crippen molar-refractivity contribution in [3.63, 3.8) is 0 Å². The number of nitrogens with one attached hydrogen (secondary N) is 1. The molecule has 0 aromatic heterocycles. The molecule has 88 valence electrons. The molecule has 0 bridgehead atoms. The highest BCUT2D eigenvalue weighted by Crippen LogP contribution is 2.28. The molecule has 1 aliphatic carbocycles. The molecule has 0 atom stereocenters. The minimum absolute atomic E-state index is 0.0707. The molecule has 0 spiro atoms. The SMILES string of the molecule is CC1(NCC2(N)CCCC2)CCOCC1. The third-order valence-electron chi connectivity index (χ3n) is 4.06. The van der Waals surface area contributed by atoms with Crippen LogP contribution in [0.4, 0.5) is 0 Å². The highest BCUT2D eigenvalue weighted by Gasteiger charge is 2.33. The Morgan fingerprint density at radius 1 is 1.13 bits per heavy atom. The lowest BCUT2D eigenvalue weighted by Gasteiger charge is -2.37. The maximum atomic E-state index is 6.34. The molecule has 0 aromatic carbocycles. The van der Waals surface area contributed by atoms with Gasteiger partial charge in [0.15, 0.2) is 0 Å². The van der Waals surface area contributed by atoms with E-state index < -0.39 is 0 Å². The third kappa shape index (κ3) is 2.92. The van der Waals surface area contributed by atoms with Crippen LogP contribution in [0.2, 0.25) is 0 Å². The van der Waals surface area contributed by atoms with Crippen LogP contribution in [0.3, 0.4) is 0 Å². The largest absolute Gasteiger partial charge is 0.381 e. The molecule has 1 heterocycles. The van der Waals surface area contributed by atoms with Crippen LogP contribution >= 0.6 is 0 Å². The van der Waals surface area contributed by atoms with Gasteiger partial charge in [0.1, 0.15) is 0 Å². The molecule has 3 nitrogen and oxygen atoms in total. The maximum absolute atomic E-state index is 6.34. The van der Waals surface area contributed by atoms with Gasteiger partial charge < -0.3 is 15.8 Å². The van der Waals surface area contributed by atoms with E-state index in [2.05, 4.69) is 12.2 Å². The minimum atomic E-state index is 0.0707. The monoisotopic (exact) mass is 212 g/mol. The predicted molar refractivity (Wildman–Crippen MR) is 61.8 cm³/mol. The van der Waals surface area contributed by atoms with Gasteiger partial charge in [0.2, 0.25) is 0 Å². The summed E-state index contributed by atoms with van der Waals surface area (Å²) in [7, 11) is 0. The second-order valence-corrected chi connectivity index (χ2v) is 5.60. The molecular weight excluding hydrogens is 188 g/mol. The Morgan fingerprint density at radius 2 is 1.73 bits per heavy atom. The Hall–Kier alpha value is -0.120. The van der Waals surface area contributed by atoms with Crippen LogP contribution in [-0.2, 0) is 4.74 Å². The van der Waals surface area contributed by atoms with Crippen LogP contribution in [0.1, 0.15) is 45.4 Å². The maximum Gasteiger partial charge on any atom is 0.0483 e. The summed E-state index contributed by atoms with van der Waals surface area (Å²) < 4.78 is 5.39. The molecule has 0 amide bonds. The molecular formula is C12H24N2O. The Labute approximate surface area is 92.7 Å². The van der Waals surface area contributed by atoms with Crippen molar-refractivity contribution in [2.24, 2.45) is 5.73 Å². The Bertz CT molecular complexity index is 206. The van der Waals surface area contributed by atoms with Crippen molar-refractivity contribution in [1.29, 1.82) is 0 Å². The lowest BCUT2D eigenvalue weighted by Crippen LogP contribution is -2.55. The number of ether oxygens (including phenoxy) is 1. The summed E-state index contributed by atoms with van der Waals surface area (Å²) in [4.78, 5) is 0.